The fourth-order valence-electron chi connectivity index (χ4n) is 1.25. The molecule has 0 unspecified atom stereocenters. The summed E-state index contributed by atoms with van der Waals surface area (Å²) in [7, 11) is 0. The highest BCUT2D eigenvalue weighted by Crippen LogP contribution is 2.18. The third-order valence-corrected chi connectivity index (χ3v) is 2.98. The van der Waals surface area contributed by atoms with Gasteiger partial charge in [-0.25, -0.2) is 0 Å². The average Bonchev–Trinajstić information content (AvgIpc) is 2.71. The fourth-order valence-corrected chi connectivity index (χ4v) is 1.99. The molecule has 1 amide bonds. The van der Waals surface area contributed by atoms with Crippen molar-refractivity contribution >= 4 is 28.9 Å². The first-order valence-corrected chi connectivity index (χ1v) is 6.30. The highest BCUT2D eigenvalue weighted by atomic mass is 32.1. The maximum Gasteiger partial charge on any atom is 0.305 e. The Morgan fingerprint density at radius 2 is 2.29 bits per heavy atom. The van der Waals surface area contributed by atoms with Crippen LogP contribution in [0.1, 0.15) is 29.4 Å². The lowest BCUT2D eigenvalue weighted by Crippen LogP contribution is -2.24. The third-order valence-electron chi connectivity index (χ3n) is 2.05. The summed E-state index contributed by atoms with van der Waals surface area (Å²) in [5.41, 5.74) is 6.09. The van der Waals surface area contributed by atoms with E-state index in [1.165, 1.54) is 11.3 Å². The number of hydrogen-bond donors (Lipinski definition) is 2. The van der Waals surface area contributed by atoms with Gasteiger partial charge in [0.25, 0.3) is 5.91 Å². The van der Waals surface area contributed by atoms with E-state index in [-0.39, 0.29) is 11.9 Å². The number of ether oxygens (including phenoxy) is 1. The zero-order chi connectivity index (χ0) is 12.7. The molecule has 0 aliphatic heterocycles. The molecule has 0 fully saturated rings. The van der Waals surface area contributed by atoms with Gasteiger partial charge in [-0.2, -0.15) is 0 Å². The van der Waals surface area contributed by atoms with Crippen LogP contribution < -0.4 is 11.1 Å². The molecule has 0 bridgehead atoms. The normalized spacial score (nSPS) is 9.94. The van der Waals surface area contributed by atoms with Crippen LogP contribution in [0.25, 0.3) is 0 Å². The van der Waals surface area contributed by atoms with Crippen molar-refractivity contribution in [3.63, 3.8) is 0 Å². The Hall–Kier alpha value is -1.56. The molecule has 6 heteroatoms. The molecule has 0 aliphatic carbocycles. The first-order valence-electron chi connectivity index (χ1n) is 5.42. The number of nitrogens with one attached hydrogen (secondary N) is 1. The second-order valence-corrected chi connectivity index (χ2v) is 4.29. The summed E-state index contributed by atoms with van der Waals surface area (Å²) in [6.07, 6.45) is 0.879. The summed E-state index contributed by atoms with van der Waals surface area (Å²) in [4.78, 5) is 23.1. The Balaban J connectivity index is 2.21. The SMILES string of the molecule is CCOC(=O)CCCNC(=O)c1sccc1N. The summed E-state index contributed by atoms with van der Waals surface area (Å²) in [6, 6.07) is 1.69. The highest BCUT2D eigenvalue weighted by Gasteiger charge is 2.10. The molecule has 0 saturated carbocycles. The molecule has 1 heterocycles. The summed E-state index contributed by atoms with van der Waals surface area (Å²) < 4.78 is 4.77. The molecular formula is C11H16N2O3S. The Morgan fingerprint density at radius 1 is 1.53 bits per heavy atom. The second kappa shape index (κ2) is 6.90. The van der Waals surface area contributed by atoms with Crippen LogP contribution in [0.3, 0.4) is 0 Å². The smallest absolute Gasteiger partial charge is 0.305 e. The number of nitrogen functional groups attached to an aromatic ring is 1. The third kappa shape index (κ3) is 4.44. The molecule has 94 valence electrons. The minimum atomic E-state index is -0.239. The van der Waals surface area contributed by atoms with Crippen LogP contribution in [0.2, 0.25) is 0 Å². The number of carbonyl (C=O) groups excluding carboxylic acids is 2. The lowest BCUT2D eigenvalue weighted by atomic mass is 10.3. The Labute approximate surface area is 104 Å². The number of rotatable bonds is 6. The van der Waals surface area contributed by atoms with Gasteiger partial charge in [0, 0.05) is 13.0 Å². The van der Waals surface area contributed by atoms with Gasteiger partial charge in [0.1, 0.15) is 4.88 Å². The van der Waals surface area contributed by atoms with Gasteiger partial charge in [0.05, 0.1) is 12.3 Å². The van der Waals surface area contributed by atoms with Crippen LogP contribution in [0.4, 0.5) is 5.69 Å². The minimum Gasteiger partial charge on any atom is -0.466 e. The van der Waals surface area contributed by atoms with Crippen molar-refractivity contribution in [2.24, 2.45) is 0 Å². The van der Waals surface area contributed by atoms with E-state index in [4.69, 9.17) is 10.5 Å². The molecule has 17 heavy (non-hydrogen) atoms. The van der Waals surface area contributed by atoms with Crippen molar-refractivity contribution in [2.45, 2.75) is 19.8 Å². The van der Waals surface area contributed by atoms with Crippen LogP contribution in [-0.2, 0) is 9.53 Å². The molecule has 0 aromatic carbocycles. The number of thiophene rings is 1. The topological polar surface area (TPSA) is 81.4 Å². The van der Waals surface area contributed by atoms with Crippen molar-refractivity contribution in [3.8, 4) is 0 Å². The molecule has 3 N–H and O–H groups in total. The summed E-state index contributed by atoms with van der Waals surface area (Å²) >= 11 is 1.30. The number of carbonyl (C=O) groups is 2. The van der Waals surface area contributed by atoms with E-state index < -0.39 is 0 Å². The molecule has 0 spiro atoms. The molecule has 0 radical (unpaired) electrons. The van der Waals surface area contributed by atoms with Crippen LogP contribution >= 0.6 is 11.3 Å². The number of hydrogen-bond acceptors (Lipinski definition) is 5. The monoisotopic (exact) mass is 256 g/mol. The van der Waals surface area contributed by atoms with Gasteiger partial charge in [-0.3, -0.25) is 9.59 Å². The zero-order valence-electron chi connectivity index (χ0n) is 9.69. The van der Waals surface area contributed by atoms with Gasteiger partial charge < -0.3 is 15.8 Å². The van der Waals surface area contributed by atoms with Crippen LogP contribution in [-0.4, -0.2) is 25.0 Å². The lowest BCUT2D eigenvalue weighted by Gasteiger charge is -2.04. The number of esters is 1. The highest BCUT2D eigenvalue weighted by molar-refractivity contribution is 7.12. The van der Waals surface area contributed by atoms with E-state index in [2.05, 4.69) is 5.32 Å². The van der Waals surface area contributed by atoms with E-state index in [0.717, 1.165) is 0 Å². The fraction of sp³-hybridized carbons (Fsp3) is 0.455. The summed E-state index contributed by atoms with van der Waals surface area (Å²) in [6.45, 7) is 2.59. The number of nitrogens with two attached hydrogens (primary N) is 1. The molecule has 1 aromatic rings. The first kappa shape index (κ1) is 13.5. The molecule has 1 aromatic heterocycles. The van der Waals surface area contributed by atoms with Crippen molar-refractivity contribution < 1.29 is 14.3 Å². The summed E-state index contributed by atoms with van der Waals surface area (Å²) in [5.74, 6) is -0.432. The number of amides is 1. The molecule has 1 rings (SSSR count). The Morgan fingerprint density at radius 3 is 2.88 bits per heavy atom. The maximum atomic E-state index is 11.6. The van der Waals surface area contributed by atoms with E-state index in [1.54, 1.807) is 18.4 Å². The van der Waals surface area contributed by atoms with E-state index in [0.29, 0.717) is 36.6 Å². The number of anilines is 1. The van der Waals surface area contributed by atoms with Gasteiger partial charge >= 0.3 is 5.97 Å². The Kier molecular flexibility index (Phi) is 5.48. The minimum absolute atomic E-state index is 0.193. The molecule has 0 atom stereocenters. The van der Waals surface area contributed by atoms with E-state index in [9.17, 15) is 9.59 Å². The predicted molar refractivity (Wildman–Crippen MR) is 66.9 cm³/mol. The van der Waals surface area contributed by atoms with Crippen LogP contribution in [0, 0.1) is 0 Å². The van der Waals surface area contributed by atoms with Crippen LogP contribution in [0.15, 0.2) is 11.4 Å². The van der Waals surface area contributed by atoms with E-state index >= 15 is 0 Å². The molecular weight excluding hydrogens is 240 g/mol. The second-order valence-electron chi connectivity index (χ2n) is 3.37. The van der Waals surface area contributed by atoms with Gasteiger partial charge in [-0.15, -0.1) is 11.3 Å². The van der Waals surface area contributed by atoms with Crippen LogP contribution in [0.5, 0.6) is 0 Å². The van der Waals surface area contributed by atoms with Gasteiger partial charge in [0.15, 0.2) is 0 Å². The van der Waals surface area contributed by atoms with Crippen molar-refractivity contribution in [1.82, 2.24) is 5.32 Å². The molecule has 0 saturated heterocycles. The van der Waals surface area contributed by atoms with Crippen molar-refractivity contribution in [3.05, 3.63) is 16.3 Å². The van der Waals surface area contributed by atoms with E-state index in [1.807, 2.05) is 0 Å². The van der Waals surface area contributed by atoms with Gasteiger partial charge in [-0.1, -0.05) is 0 Å². The van der Waals surface area contributed by atoms with Crippen molar-refractivity contribution in [1.29, 1.82) is 0 Å². The largest absolute Gasteiger partial charge is 0.466 e. The Bertz CT molecular complexity index is 390. The lowest BCUT2D eigenvalue weighted by molar-refractivity contribution is -0.143. The van der Waals surface area contributed by atoms with Crippen molar-refractivity contribution in [2.75, 3.05) is 18.9 Å². The van der Waals surface area contributed by atoms with Gasteiger partial charge in [-0.05, 0) is 24.8 Å². The molecule has 5 nitrogen and oxygen atoms in total. The predicted octanol–water partition coefficient (Wildman–Crippen LogP) is 1.40. The zero-order valence-corrected chi connectivity index (χ0v) is 10.5. The quantitative estimate of drug-likeness (QED) is 0.595. The summed E-state index contributed by atoms with van der Waals surface area (Å²) in [5, 5.41) is 4.47. The molecule has 0 aliphatic rings. The average molecular weight is 256 g/mol. The maximum absolute atomic E-state index is 11.6. The standard InChI is InChI=1S/C11H16N2O3S/c1-2-16-9(14)4-3-6-13-11(15)10-8(12)5-7-17-10/h5,7H,2-4,6,12H2,1H3,(H,13,15). The van der Waals surface area contributed by atoms with Gasteiger partial charge in [0.2, 0.25) is 0 Å². The first-order chi connectivity index (χ1) is 8.15.